The molecule has 0 spiro atoms. The van der Waals surface area contributed by atoms with E-state index in [1.54, 1.807) is 43.3 Å². The van der Waals surface area contributed by atoms with Gasteiger partial charge in [-0.15, -0.1) is 0 Å². The van der Waals surface area contributed by atoms with Gasteiger partial charge in [-0.1, -0.05) is 6.07 Å². The molecule has 1 amide bonds. The van der Waals surface area contributed by atoms with Crippen LogP contribution in [-0.2, 0) is 4.79 Å². The predicted octanol–water partition coefficient (Wildman–Crippen LogP) is 2.69. The second kappa shape index (κ2) is 6.65. The van der Waals surface area contributed by atoms with Crippen molar-refractivity contribution in [3.63, 3.8) is 0 Å². The lowest BCUT2D eigenvalue weighted by Crippen LogP contribution is -2.15. The van der Waals surface area contributed by atoms with Crippen LogP contribution in [0.4, 0.5) is 11.4 Å². The van der Waals surface area contributed by atoms with Gasteiger partial charge in [0.1, 0.15) is 11.5 Å². The van der Waals surface area contributed by atoms with Gasteiger partial charge in [-0.25, -0.2) is 0 Å². The summed E-state index contributed by atoms with van der Waals surface area (Å²) in [5.41, 5.74) is 7.57. The first-order chi connectivity index (χ1) is 10.0. The molecule has 0 fully saturated rings. The third kappa shape index (κ3) is 4.42. The lowest BCUT2D eigenvalue weighted by molar-refractivity contribution is -0.116. The Bertz CT molecular complexity index is 624. The van der Waals surface area contributed by atoms with Gasteiger partial charge < -0.3 is 20.9 Å². The number of rotatable bonds is 5. The summed E-state index contributed by atoms with van der Waals surface area (Å²) >= 11 is 0. The third-order valence-corrected chi connectivity index (χ3v) is 2.97. The molecule has 0 atom stereocenters. The zero-order valence-corrected chi connectivity index (χ0v) is 11.8. The van der Waals surface area contributed by atoms with Crippen LogP contribution < -0.4 is 15.8 Å². The minimum atomic E-state index is -0.173. The van der Waals surface area contributed by atoms with Gasteiger partial charge in [0.2, 0.25) is 5.91 Å². The van der Waals surface area contributed by atoms with Gasteiger partial charge in [0, 0.05) is 17.4 Å². The van der Waals surface area contributed by atoms with E-state index >= 15 is 0 Å². The molecule has 2 aromatic carbocycles. The van der Waals surface area contributed by atoms with Crippen molar-refractivity contribution < 1.29 is 14.6 Å². The van der Waals surface area contributed by atoms with E-state index in [2.05, 4.69) is 5.32 Å². The summed E-state index contributed by atoms with van der Waals surface area (Å²) in [4.78, 5) is 11.8. The lowest BCUT2D eigenvalue weighted by atomic mass is 10.2. The van der Waals surface area contributed by atoms with Crippen molar-refractivity contribution >= 4 is 17.3 Å². The van der Waals surface area contributed by atoms with Crippen molar-refractivity contribution in [3.05, 3.63) is 48.0 Å². The highest BCUT2D eigenvalue weighted by Gasteiger charge is 2.05. The van der Waals surface area contributed by atoms with Crippen LogP contribution in [0.2, 0.25) is 0 Å². The Hall–Kier alpha value is -2.69. The summed E-state index contributed by atoms with van der Waals surface area (Å²) in [5.74, 6) is 0.657. The highest BCUT2D eigenvalue weighted by molar-refractivity contribution is 5.91. The van der Waals surface area contributed by atoms with E-state index in [-0.39, 0.29) is 24.7 Å². The first kappa shape index (κ1) is 14.7. The number of hydrogen-bond donors (Lipinski definition) is 3. The molecule has 0 saturated carbocycles. The second-order valence-corrected chi connectivity index (χ2v) is 4.72. The average molecular weight is 286 g/mol. The molecule has 4 N–H and O–H groups in total. The van der Waals surface area contributed by atoms with Crippen molar-refractivity contribution in [2.45, 2.75) is 13.3 Å². The van der Waals surface area contributed by atoms with Crippen molar-refractivity contribution in [1.82, 2.24) is 0 Å². The molecule has 0 aliphatic rings. The molecule has 5 heteroatoms. The van der Waals surface area contributed by atoms with Crippen LogP contribution in [-0.4, -0.2) is 17.6 Å². The topological polar surface area (TPSA) is 84.6 Å². The number of anilines is 2. The number of hydrogen-bond acceptors (Lipinski definition) is 4. The maximum atomic E-state index is 11.8. The smallest absolute Gasteiger partial charge is 0.227 e. The van der Waals surface area contributed by atoms with Crippen molar-refractivity contribution in [1.29, 1.82) is 0 Å². The summed E-state index contributed by atoms with van der Waals surface area (Å²) in [7, 11) is 0. The summed E-state index contributed by atoms with van der Waals surface area (Å²) < 4.78 is 5.45. The molecule has 0 radical (unpaired) electrons. The van der Waals surface area contributed by atoms with Crippen LogP contribution in [0.1, 0.15) is 12.0 Å². The van der Waals surface area contributed by atoms with Crippen molar-refractivity contribution in [2.24, 2.45) is 0 Å². The molecule has 21 heavy (non-hydrogen) atoms. The number of aryl methyl sites for hydroxylation is 1. The van der Waals surface area contributed by atoms with E-state index in [1.807, 2.05) is 0 Å². The molecular weight excluding hydrogens is 268 g/mol. The second-order valence-electron chi connectivity index (χ2n) is 4.72. The van der Waals surface area contributed by atoms with E-state index in [0.29, 0.717) is 17.1 Å². The van der Waals surface area contributed by atoms with Crippen LogP contribution in [0, 0.1) is 6.92 Å². The van der Waals surface area contributed by atoms with E-state index in [1.165, 1.54) is 6.07 Å². The normalized spacial score (nSPS) is 10.1. The molecule has 0 bridgehead atoms. The molecular formula is C16H18N2O3. The number of nitrogens with one attached hydrogen (secondary N) is 1. The molecule has 0 saturated heterocycles. The van der Waals surface area contributed by atoms with Gasteiger partial charge in [-0.3, -0.25) is 4.79 Å². The Morgan fingerprint density at radius 2 is 1.95 bits per heavy atom. The summed E-state index contributed by atoms with van der Waals surface area (Å²) in [6.07, 6.45) is 0.221. The summed E-state index contributed by atoms with van der Waals surface area (Å²) in [6.45, 7) is 2.06. The third-order valence-electron chi connectivity index (χ3n) is 2.97. The highest BCUT2D eigenvalue weighted by Crippen LogP contribution is 2.21. The van der Waals surface area contributed by atoms with Crippen LogP contribution >= 0.6 is 0 Å². The van der Waals surface area contributed by atoms with Crippen molar-refractivity contribution in [3.8, 4) is 11.5 Å². The quantitative estimate of drug-likeness (QED) is 0.738. The number of ether oxygens (including phenoxy) is 1. The maximum absolute atomic E-state index is 11.8. The largest absolute Gasteiger partial charge is 0.508 e. The number of benzene rings is 2. The fourth-order valence-corrected chi connectivity index (χ4v) is 1.74. The molecule has 0 aliphatic carbocycles. The fraction of sp³-hybridized carbons (Fsp3) is 0.188. The first-order valence-corrected chi connectivity index (χ1v) is 6.62. The highest BCUT2D eigenvalue weighted by atomic mass is 16.5. The molecule has 0 unspecified atom stereocenters. The van der Waals surface area contributed by atoms with Crippen LogP contribution in [0.3, 0.4) is 0 Å². The Labute approximate surface area is 123 Å². The van der Waals surface area contributed by atoms with E-state index in [9.17, 15) is 9.90 Å². The van der Waals surface area contributed by atoms with Gasteiger partial charge in [0.15, 0.2) is 0 Å². The molecule has 5 nitrogen and oxygen atoms in total. The van der Waals surface area contributed by atoms with Gasteiger partial charge >= 0.3 is 0 Å². The number of nitrogen functional groups attached to an aromatic ring is 1. The number of amides is 1. The number of phenols is 1. The van der Waals surface area contributed by atoms with Gasteiger partial charge in [-0.2, -0.15) is 0 Å². The van der Waals surface area contributed by atoms with E-state index in [0.717, 1.165) is 5.56 Å². The van der Waals surface area contributed by atoms with Gasteiger partial charge in [0.05, 0.1) is 13.0 Å². The Morgan fingerprint density at radius 1 is 1.24 bits per heavy atom. The molecule has 2 rings (SSSR count). The Kier molecular flexibility index (Phi) is 4.66. The summed E-state index contributed by atoms with van der Waals surface area (Å²) in [5, 5.41) is 12.3. The van der Waals surface area contributed by atoms with Crippen LogP contribution in [0.15, 0.2) is 42.5 Å². The number of phenolic OH excluding ortho intramolecular Hbond substituents is 1. The number of nitrogens with two attached hydrogens (primary N) is 1. The Balaban J connectivity index is 1.79. The summed E-state index contributed by atoms with van der Waals surface area (Å²) in [6, 6.07) is 12.0. The van der Waals surface area contributed by atoms with Crippen LogP contribution in [0.5, 0.6) is 11.5 Å². The maximum Gasteiger partial charge on any atom is 0.227 e. The van der Waals surface area contributed by atoms with Crippen LogP contribution in [0.25, 0.3) is 0 Å². The average Bonchev–Trinajstić information content (AvgIpc) is 2.45. The monoisotopic (exact) mass is 286 g/mol. The first-order valence-electron chi connectivity index (χ1n) is 6.62. The predicted molar refractivity (Wildman–Crippen MR) is 82.4 cm³/mol. The van der Waals surface area contributed by atoms with E-state index < -0.39 is 0 Å². The Morgan fingerprint density at radius 3 is 2.62 bits per heavy atom. The van der Waals surface area contributed by atoms with Crippen molar-refractivity contribution in [2.75, 3.05) is 17.7 Å². The fourth-order valence-electron chi connectivity index (χ4n) is 1.74. The molecule has 110 valence electrons. The SMILES string of the molecule is Cc1ccc(NC(=O)CCOc2ccc(N)cc2)cc1O. The molecule has 0 aliphatic heterocycles. The number of carbonyl (C=O) groups is 1. The standard InChI is InChI=1S/C16H18N2O3/c1-11-2-5-13(10-15(11)19)18-16(20)8-9-21-14-6-3-12(17)4-7-14/h2-7,10,19H,8-9,17H2,1H3,(H,18,20). The van der Waals surface area contributed by atoms with Gasteiger partial charge in [-0.05, 0) is 42.8 Å². The zero-order chi connectivity index (χ0) is 15.2. The molecule has 2 aromatic rings. The number of aromatic hydroxyl groups is 1. The number of carbonyl (C=O) groups excluding carboxylic acids is 1. The van der Waals surface area contributed by atoms with E-state index in [4.69, 9.17) is 10.5 Å². The minimum absolute atomic E-state index is 0.158. The minimum Gasteiger partial charge on any atom is -0.508 e. The molecule has 0 aromatic heterocycles. The zero-order valence-electron chi connectivity index (χ0n) is 11.8. The lowest BCUT2D eigenvalue weighted by Gasteiger charge is -2.08. The van der Waals surface area contributed by atoms with Gasteiger partial charge in [0.25, 0.3) is 0 Å². The molecule has 0 heterocycles.